The Bertz CT molecular complexity index is 634. The highest BCUT2D eigenvalue weighted by Gasteiger charge is 2.06. The first kappa shape index (κ1) is 14.9. The lowest BCUT2D eigenvalue weighted by Gasteiger charge is -2.08. The fourth-order valence-corrected chi connectivity index (χ4v) is 2.57. The predicted molar refractivity (Wildman–Crippen MR) is 86.9 cm³/mol. The Kier molecular flexibility index (Phi) is 5.03. The molecule has 1 heterocycles. The molecule has 1 aromatic heterocycles. The maximum Gasteiger partial charge on any atom is 0.234 e. The van der Waals surface area contributed by atoms with Gasteiger partial charge in [-0.05, 0) is 36.8 Å². The van der Waals surface area contributed by atoms with E-state index in [9.17, 15) is 4.79 Å². The minimum absolute atomic E-state index is 0.0621. The molecule has 20 heavy (non-hydrogen) atoms. The maximum absolute atomic E-state index is 11.9. The topological polar surface area (TPSA) is 68.0 Å². The Morgan fingerprint density at radius 1 is 1.45 bits per heavy atom. The van der Waals surface area contributed by atoms with E-state index in [2.05, 4.69) is 26.2 Å². The molecule has 0 aliphatic rings. The van der Waals surface area contributed by atoms with Gasteiger partial charge < -0.3 is 11.1 Å². The van der Waals surface area contributed by atoms with Crippen LogP contribution in [0, 0.1) is 6.92 Å². The number of aryl methyl sites for hydroxylation is 1. The number of nitrogen functional groups attached to an aromatic ring is 1. The lowest BCUT2D eigenvalue weighted by Crippen LogP contribution is -2.14. The number of halogens is 1. The summed E-state index contributed by atoms with van der Waals surface area (Å²) in [6, 6.07) is 7.50. The summed E-state index contributed by atoms with van der Waals surface area (Å²) in [5, 5.41) is 2.86. The monoisotopic (exact) mass is 351 g/mol. The minimum Gasteiger partial charge on any atom is -0.397 e. The van der Waals surface area contributed by atoms with E-state index in [4.69, 9.17) is 5.73 Å². The Morgan fingerprint density at radius 3 is 2.95 bits per heavy atom. The van der Waals surface area contributed by atoms with Crippen molar-refractivity contribution in [2.24, 2.45) is 0 Å². The summed E-state index contributed by atoms with van der Waals surface area (Å²) in [5.74, 6) is 0.247. The van der Waals surface area contributed by atoms with Gasteiger partial charge in [0.2, 0.25) is 5.91 Å². The molecule has 2 aromatic rings. The van der Waals surface area contributed by atoms with E-state index in [-0.39, 0.29) is 5.91 Å². The SMILES string of the molecule is Cc1cc(NC(=O)CSc2ccncc2N)ccc1Br. The van der Waals surface area contributed by atoms with Crippen LogP contribution >= 0.6 is 27.7 Å². The van der Waals surface area contributed by atoms with Gasteiger partial charge in [0.1, 0.15) is 0 Å². The first-order valence-electron chi connectivity index (χ1n) is 5.94. The molecular weight excluding hydrogens is 338 g/mol. The van der Waals surface area contributed by atoms with Crippen molar-refractivity contribution < 1.29 is 4.79 Å². The van der Waals surface area contributed by atoms with Crippen LogP contribution in [-0.4, -0.2) is 16.6 Å². The van der Waals surface area contributed by atoms with Crippen molar-refractivity contribution >= 4 is 45.0 Å². The zero-order valence-electron chi connectivity index (χ0n) is 10.9. The lowest BCUT2D eigenvalue weighted by atomic mass is 10.2. The molecular formula is C14H14BrN3OS. The van der Waals surface area contributed by atoms with Crippen molar-refractivity contribution in [2.75, 3.05) is 16.8 Å². The van der Waals surface area contributed by atoms with Gasteiger partial charge in [-0.15, -0.1) is 11.8 Å². The highest BCUT2D eigenvalue weighted by molar-refractivity contribution is 9.10. The highest BCUT2D eigenvalue weighted by atomic mass is 79.9. The Labute approximate surface area is 130 Å². The average Bonchev–Trinajstić information content (AvgIpc) is 2.42. The highest BCUT2D eigenvalue weighted by Crippen LogP contribution is 2.24. The van der Waals surface area contributed by atoms with E-state index < -0.39 is 0 Å². The standard InChI is InChI=1S/C14H14BrN3OS/c1-9-6-10(2-3-11(9)15)18-14(19)8-20-13-4-5-17-7-12(13)16/h2-7H,8,16H2,1H3,(H,18,19). The molecule has 6 heteroatoms. The van der Waals surface area contributed by atoms with Crippen LogP contribution in [0.4, 0.5) is 11.4 Å². The number of nitrogens with two attached hydrogens (primary N) is 1. The summed E-state index contributed by atoms with van der Waals surface area (Å²) in [6.07, 6.45) is 3.24. The van der Waals surface area contributed by atoms with Crippen LogP contribution in [0.3, 0.4) is 0 Å². The molecule has 0 radical (unpaired) electrons. The normalized spacial score (nSPS) is 10.3. The second-order valence-corrected chi connectivity index (χ2v) is 6.09. The number of nitrogens with one attached hydrogen (secondary N) is 1. The van der Waals surface area contributed by atoms with Gasteiger partial charge in [0.15, 0.2) is 0 Å². The molecule has 0 fully saturated rings. The number of aromatic nitrogens is 1. The quantitative estimate of drug-likeness (QED) is 0.827. The molecule has 1 aromatic carbocycles. The van der Waals surface area contributed by atoms with Crippen molar-refractivity contribution in [1.82, 2.24) is 4.98 Å². The summed E-state index contributed by atoms with van der Waals surface area (Å²) in [4.78, 5) is 16.7. The number of benzene rings is 1. The number of nitrogens with zero attached hydrogens (tertiary/aromatic N) is 1. The lowest BCUT2D eigenvalue weighted by molar-refractivity contribution is -0.113. The molecule has 3 N–H and O–H groups in total. The third kappa shape index (κ3) is 3.98. The second kappa shape index (κ2) is 6.76. The second-order valence-electron chi connectivity index (χ2n) is 4.21. The summed E-state index contributed by atoms with van der Waals surface area (Å²) in [7, 11) is 0. The van der Waals surface area contributed by atoms with Gasteiger partial charge in [-0.3, -0.25) is 9.78 Å². The molecule has 0 aliphatic carbocycles. The Hall–Kier alpha value is -1.53. The van der Waals surface area contributed by atoms with E-state index in [1.807, 2.05) is 25.1 Å². The molecule has 0 unspecified atom stereocenters. The molecule has 0 spiro atoms. The van der Waals surface area contributed by atoms with Crippen LogP contribution in [0.2, 0.25) is 0 Å². The van der Waals surface area contributed by atoms with Crippen molar-refractivity contribution in [3.8, 4) is 0 Å². The largest absolute Gasteiger partial charge is 0.397 e. The average molecular weight is 352 g/mol. The van der Waals surface area contributed by atoms with Crippen LogP contribution in [0.5, 0.6) is 0 Å². The van der Waals surface area contributed by atoms with Crippen LogP contribution in [0.15, 0.2) is 46.0 Å². The van der Waals surface area contributed by atoms with Gasteiger partial charge in [-0.1, -0.05) is 15.9 Å². The number of rotatable bonds is 4. The number of amides is 1. The summed E-state index contributed by atoms with van der Waals surface area (Å²) in [6.45, 7) is 1.98. The van der Waals surface area contributed by atoms with Crippen molar-refractivity contribution in [2.45, 2.75) is 11.8 Å². The molecule has 4 nitrogen and oxygen atoms in total. The first-order chi connectivity index (χ1) is 9.56. The van der Waals surface area contributed by atoms with Crippen molar-refractivity contribution in [3.63, 3.8) is 0 Å². The molecule has 2 rings (SSSR count). The van der Waals surface area contributed by atoms with Gasteiger partial charge >= 0.3 is 0 Å². The number of carbonyl (C=O) groups is 1. The van der Waals surface area contributed by atoms with E-state index >= 15 is 0 Å². The van der Waals surface area contributed by atoms with E-state index in [1.54, 1.807) is 18.5 Å². The van der Waals surface area contributed by atoms with Gasteiger partial charge in [-0.2, -0.15) is 0 Å². The first-order valence-corrected chi connectivity index (χ1v) is 7.72. The number of anilines is 2. The molecule has 0 saturated carbocycles. The van der Waals surface area contributed by atoms with Crippen LogP contribution in [0.25, 0.3) is 0 Å². The van der Waals surface area contributed by atoms with Crippen molar-refractivity contribution in [1.29, 1.82) is 0 Å². The Morgan fingerprint density at radius 2 is 2.25 bits per heavy atom. The van der Waals surface area contributed by atoms with Crippen LogP contribution in [0.1, 0.15) is 5.56 Å². The number of thioether (sulfide) groups is 1. The van der Waals surface area contributed by atoms with E-state index in [1.165, 1.54) is 11.8 Å². The molecule has 1 amide bonds. The third-order valence-corrected chi connectivity index (χ3v) is 4.59. The Balaban J connectivity index is 1.93. The van der Waals surface area contributed by atoms with Gasteiger partial charge in [0, 0.05) is 21.3 Å². The number of carbonyl (C=O) groups excluding carboxylic acids is 1. The molecule has 0 bridgehead atoms. The van der Waals surface area contributed by atoms with E-state index in [0.29, 0.717) is 11.4 Å². The zero-order chi connectivity index (χ0) is 14.5. The summed E-state index contributed by atoms with van der Waals surface area (Å²) in [5.41, 5.74) is 8.23. The fourth-order valence-electron chi connectivity index (χ4n) is 1.59. The number of hydrogen-bond acceptors (Lipinski definition) is 4. The van der Waals surface area contributed by atoms with Crippen LogP contribution in [-0.2, 0) is 4.79 Å². The summed E-state index contributed by atoms with van der Waals surface area (Å²) >= 11 is 4.82. The third-order valence-electron chi connectivity index (χ3n) is 2.61. The summed E-state index contributed by atoms with van der Waals surface area (Å²) < 4.78 is 1.02. The maximum atomic E-state index is 11.9. The van der Waals surface area contributed by atoms with Gasteiger partial charge in [0.05, 0.1) is 17.6 Å². The van der Waals surface area contributed by atoms with Gasteiger partial charge in [-0.25, -0.2) is 0 Å². The fraction of sp³-hybridized carbons (Fsp3) is 0.143. The zero-order valence-corrected chi connectivity index (χ0v) is 13.3. The molecule has 0 saturated heterocycles. The molecule has 0 aliphatic heterocycles. The molecule has 104 valence electrons. The smallest absolute Gasteiger partial charge is 0.234 e. The predicted octanol–water partition coefficient (Wildman–Crippen LogP) is 3.47. The van der Waals surface area contributed by atoms with Gasteiger partial charge in [0.25, 0.3) is 0 Å². The van der Waals surface area contributed by atoms with E-state index in [0.717, 1.165) is 20.6 Å². The minimum atomic E-state index is -0.0621. The number of hydrogen-bond donors (Lipinski definition) is 2. The van der Waals surface area contributed by atoms with Crippen LogP contribution < -0.4 is 11.1 Å². The van der Waals surface area contributed by atoms with Crippen molar-refractivity contribution in [3.05, 3.63) is 46.7 Å². The molecule has 0 atom stereocenters. The number of pyridine rings is 1.